The van der Waals surface area contributed by atoms with Gasteiger partial charge in [-0.3, -0.25) is 0 Å². The Labute approximate surface area is 96.6 Å². The summed E-state index contributed by atoms with van der Waals surface area (Å²) in [5.41, 5.74) is 0. The van der Waals surface area contributed by atoms with Crippen LogP contribution in [0.5, 0.6) is 0 Å². The molecule has 0 heterocycles. The van der Waals surface area contributed by atoms with Gasteiger partial charge >= 0.3 is 12.4 Å². The Balaban J connectivity index is 4.05. The van der Waals surface area contributed by atoms with Gasteiger partial charge in [-0.1, -0.05) is 6.92 Å². The van der Waals surface area contributed by atoms with Crippen LogP contribution in [0.1, 0.15) is 39.0 Å². The van der Waals surface area contributed by atoms with E-state index in [4.69, 9.17) is 0 Å². The maximum atomic E-state index is 12.0. The summed E-state index contributed by atoms with van der Waals surface area (Å²) in [6.45, 7) is 2.23. The first-order valence-electron chi connectivity index (χ1n) is 5.51. The summed E-state index contributed by atoms with van der Waals surface area (Å²) in [7, 11) is 0. The first-order chi connectivity index (χ1) is 7.64. The summed E-state index contributed by atoms with van der Waals surface area (Å²) >= 11 is 0. The van der Waals surface area contributed by atoms with E-state index in [1.807, 2.05) is 0 Å². The monoisotopic (exact) mass is 265 g/mol. The van der Waals surface area contributed by atoms with Crippen molar-refractivity contribution in [1.29, 1.82) is 0 Å². The number of nitrogens with one attached hydrogen (secondary N) is 1. The van der Waals surface area contributed by atoms with Gasteiger partial charge in [-0.05, 0) is 25.8 Å². The fourth-order valence-electron chi connectivity index (χ4n) is 1.37. The largest absolute Gasteiger partial charge is 0.389 e. The second-order valence-electron chi connectivity index (χ2n) is 3.96. The predicted octanol–water partition coefficient (Wildman–Crippen LogP) is 4.04. The van der Waals surface area contributed by atoms with Gasteiger partial charge in [-0.25, -0.2) is 0 Å². The van der Waals surface area contributed by atoms with Crippen LogP contribution in [-0.4, -0.2) is 24.9 Å². The van der Waals surface area contributed by atoms with Gasteiger partial charge in [0.05, 0.1) is 0 Å². The van der Waals surface area contributed by atoms with Crippen LogP contribution in [0, 0.1) is 0 Å². The zero-order valence-corrected chi connectivity index (χ0v) is 9.59. The minimum atomic E-state index is -4.32. The average molecular weight is 265 g/mol. The fourth-order valence-corrected chi connectivity index (χ4v) is 1.37. The molecule has 0 bridgehead atoms. The van der Waals surface area contributed by atoms with Crippen LogP contribution in [0.2, 0.25) is 0 Å². The molecule has 0 aromatic heterocycles. The van der Waals surface area contributed by atoms with E-state index in [0.29, 0.717) is 13.0 Å². The molecule has 0 aromatic carbocycles. The Morgan fingerprint density at radius 1 is 0.882 bits per heavy atom. The van der Waals surface area contributed by atoms with Crippen LogP contribution in [0.25, 0.3) is 0 Å². The first-order valence-corrected chi connectivity index (χ1v) is 5.51. The quantitative estimate of drug-likeness (QED) is 0.685. The van der Waals surface area contributed by atoms with Crippen molar-refractivity contribution in [2.24, 2.45) is 0 Å². The van der Waals surface area contributed by atoms with E-state index in [0.717, 1.165) is 0 Å². The molecule has 7 heteroatoms. The molecule has 0 spiro atoms. The summed E-state index contributed by atoms with van der Waals surface area (Å²) in [6.07, 6.45) is -10.7. The zero-order chi connectivity index (χ0) is 13.5. The molecule has 0 atom stereocenters. The van der Waals surface area contributed by atoms with Gasteiger partial charge in [-0.2, -0.15) is 26.3 Å². The number of alkyl halides is 6. The molecule has 0 aliphatic carbocycles. The molecule has 0 aliphatic heterocycles. The van der Waals surface area contributed by atoms with E-state index in [1.54, 1.807) is 6.92 Å². The first kappa shape index (κ1) is 16.5. The summed E-state index contributed by atoms with van der Waals surface area (Å²) in [6, 6.07) is -0.724. The van der Waals surface area contributed by atoms with Crippen molar-refractivity contribution >= 4 is 0 Å². The van der Waals surface area contributed by atoms with E-state index in [1.165, 1.54) is 0 Å². The highest BCUT2D eigenvalue weighted by Gasteiger charge is 2.31. The Morgan fingerprint density at radius 3 is 1.59 bits per heavy atom. The lowest BCUT2D eigenvalue weighted by Crippen LogP contribution is -2.32. The van der Waals surface area contributed by atoms with Crippen molar-refractivity contribution in [2.45, 2.75) is 57.4 Å². The van der Waals surface area contributed by atoms with Gasteiger partial charge in [0, 0.05) is 18.9 Å². The second-order valence-corrected chi connectivity index (χ2v) is 3.96. The zero-order valence-electron chi connectivity index (χ0n) is 9.59. The van der Waals surface area contributed by atoms with E-state index in [-0.39, 0.29) is 12.8 Å². The molecule has 0 saturated heterocycles. The van der Waals surface area contributed by atoms with Crippen LogP contribution >= 0.6 is 0 Å². The summed E-state index contributed by atoms with van der Waals surface area (Å²) in [5.74, 6) is 0. The Bertz CT molecular complexity index is 180. The molecule has 0 saturated carbocycles. The highest BCUT2D eigenvalue weighted by atomic mass is 19.4. The molecular weight excluding hydrogens is 248 g/mol. The molecule has 0 unspecified atom stereocenters. The number of rotatable bonds is 7. The van der Waals surface area contributed by atoms with Gasteiger partial charge in [0.2, 0.25) is 0 Å². The highest BCUT2D eigenvalue weighted by molar-refractivity contribution is 4.70. The van der Waals surface area contributed by atoms with Crippen LogP contribution in [0.3, 0.4) is 0 Å². The normalized spacial score (nSPS) is 13.4. The topological polar surface area (TPSA) is 12.0 Å². The Kier molecular flexibility index (Phi) is 6.89. The molecule has 0 aliphatic rings. The number of hydrogen-bond acceptors (Lipinski definition) is 1. The van der Waals surface area contributed by atoms with Crippen LogP contribution in [0.15, 0.2) is 0 Å². The molecule has 1 nitrogen and oxygen atoms in total. The Hall–Kier alpha value is -0.460. The van der Waals surface area contributed by atoms with E-state index in [9.17, 15) is 26.3 Å². The van der Waals surface area contributed by atoms with Crippen LogP contribution in [0.4, 0.5) is 26.3 Å². The van der Waals surface area contributed by atoms with E-state index < -0.39 is 31.2 Å². The maximum absolute atomic E-state index is 12.0. The average Bonchev–Trinajstić information content (AvgIpc) is 2.13. The summed E-state index contributed by atoms with van der Waals surface area (Å²) in [5, 5.41) is 2.71. The van der Waals surface area contributed by atoms with Gasteiger partial charge in [-0.15, -0.1) is 0 Å². The third-order valence-electron chi connectivity index (χ3n) is 2.24. The molecule has 0 amide bonds. The summed E-state index contributed by atoms with van der Waals surface area (Å²) in [4.78, 5) is 0. The van der Waals surface area contributed by atoms with Gasteiger partial charge in [0.1, 0.15) is 0 Å². The van der Waals surface area contributed by atoms with E-state index in [2.05, 4.69) is 5.32 Å². The lowest BCUT2D eigenvalue weighted by molar-refractivity contribution is -0.141. The predicted molar refractivity (Wildman–Crippen MR) is 52.7 cm³/mol. The van der Waals surface area contributed by atoms with Gasteiger partial charge in [0.15, 0.2) is 0 Å². The minimum absolute atomic E-state index is 0.306. The van der Waals surface area contributed by atoms with Crippen molar-refractivity contribution < 1.29 is 26.3 Å². The Morgan fingerprint density at radius 2 is 1.29 bits per heavy atom. The molecule has 17 heavy (non-hydrogen) atoms. The smallest absolute Gasteiger partial charge is 0.314 e. The van der Waals surface area contributed by atoms with Crippen molar-refractivity contribution in [3.05, 3.63) is 0 Å². The van der Waals surface area contributed by atoms with Crippen molar-refractivity contribution in [2.75, 3.05) is 6.54 Å². The summed E-state index contributed by atoms with van der Waals surface area (Å²) < 4.78 is 71.8. The fraction of sp³-hybridized carbons (Fsp3) is 1.00. The molecule has 0 radical (unpaired) electrons. The van der Waals surface area contributed by atoms with Crippen LogP contribution < -0.4 is 5.32 Å². The number of hydrogen-bond donors (Lipinski definition) is 1. The van der Waals surface area contributed by atoms with Crippen molar-refractivity contribution in [3.8, 4) is 0 Å². The second kappa shape index (κ2) is 7.08. The minimum Gasteiger partial charge on any atom is -0.314 e. The maximum Gasteiger partial charge on any atom is 0.389 e. The lowest BCUT2D eigenvalue weighted by Gasteiger charge is -2.20. The van der Waals surface area contributed by atoms with Crippen molar-refractivity contribution in [3.63, 3.8) is 0 Å². The molecule has 0 aromatic rings. The number of halogens is 6. The molecule has 104 valence electrons. The highest BCUT2D eigenvalue weighted by Crippen LogP contribution is 2.26. The third kappa shape index (κ3) is 11.8. The van der Waals surface area contributed by atoms with Crippen molar-refractivity contribution in [1.82, 2.24) is 5.32 Å². The van der Waals surface area contributed by atoms with E-state index >= 15 is 0 Å². The molecule has 1 N–H and O–H groups in total. The molecule has 0 rings (SSSR count). The van der Waals surface area contributed by atoms with Gasteiger partial charge < -0.3 is 5.32 Å². The molecule has 0 fully saturated rings. The van der Waals surface area contributed by atoms with Gasteiger partial charge in [0.25, 0.3) is 0 Å². The molecular formula is C10H17F6N. The SMILES string of the molecule is CCCNC(CCC(F)(F)F)CCC(F)(F)F. The third-order valence-corrected chi connectivity index (χ3v) is 2.24. The lowest BCUT2D eigenvalue weighted by atomic mass is 10.1. The van der Waals surface area contributed by atoms with Crippen LogP contribution in [-0.2, 0) is 0 Å². The standard InChI is InChI=1S/C10H17F6N/c1-2-7-17-8(3-5-9(11,12)13)4-6-10(14,15)16/h8,17H,2-7H2,1H3.